The number of carbonyl (C=O) groups excluding carboxylic acids is 2. The normalized spacial score (nSPS) is 13.7. The zero-order valence-corrected chi connectivity index (χ0v) is 15.5. The van der Waals surface area contributed by atoms with Crippen LogP contribution in [0.5, 0.6) is 0 Å². The number of benzene rings is 2. The van der Waals surface area contributed by atoms with Crippen molar-refractivity contribution in [2.45, 2.75) is 45.3 Å². The molecule has 0 aliphatic carbocycles. The Morgan fingerprint density at radius 1 is 0.885 bits per heavy atom. The maximum atomic E-state index is 12.8. The van der Waals surface area contributed by atoms with Crippen molar-refractivity contribution in [1.29, 1.82) is 0 Å². The molecule has 2 rings (SSSR count). The Morgan fingerprint density at radius 3 is 1.81 bits per heavy atom. The van der Waals surface area contributed by atoms with Crippen LogP contribution in [0.1, 0.15) is 31.9 Å². The molecule has 4 nitrogen and oxygen atoms in total. The van der Waals surface area contributed by atoms with Crippen LogP contribution >= 0.6 is 0 Å². The molecule has 4 heteroatoms. The molecule has 138 valence electrons. The summed E-state index contributed by atoms with van der Waals surface area (Å²) in [7, 11) is 0. The van der Waals surface area contributed by atoms with E-state index in [2.05, 4.69) is 0 Å². The Bertz CT molecular complexity index is 717. The number of esters is 1. The Kier molecular flexibility index (Phi) is 6.70. The number of hydrogen-bond donors (Lipinski definition) is 1. The van der Waals surface area contributed by atoms with E-state index in [1.165, 1.54) is 0 Å². The third-order valence-electron chi connectivity index (χ3n) is 3.92. The maximum Gasteiger partial charge on any atom is 0.317 e. The van der Waals surface area contributed by atoms with Crippen LogP contribution in [0.2, 0.25) is 0 Å². The van der Waals surface area contributed by atoms with E-state index in [0.29, 0.717) is 0 Å². The molecule has 0 unspecified atom stereocenters. The molecule has 2 aromatic carbocycles. The van der Waals surface area contributed by atoms with Crippen LogP contribution in [0, 0.1) is 5.92 Å². The number of hydrogen-bond acceptors (Lipinski definition) is 4. The number of Topliss-reactive ketones (excluding diaryl/α,β-unsaturated/α-hetero) is 1. The molecule has 0 spiro atoms. The lowest BCUT2D eigenvalue weighted by Crippen LogP contribution is -2.39. The third-order valence-corrected chi connectivity index (χ3v) is 3.92. The first-order valence-electron chi connectivity index (χ1n) is 8.79. The monoisotopic (exact) mass is 354 g/mol. The molecule has 2 aromatic rings. The second-order valence-electron chi connectivity index (χ2n) is 7.38. The van der Waals surface area contributed by atoms with E-state index in [9.17, 15) is 14.7 Å². The van der Waals surface area contributed by atoms with Gasteiger partial charge in [-0.05, 0) is 38.3 Å². The molecule has 0 aliphatic heterocycles. The van der Waals surface area contributed by atoms with Gasteiger partial charge in [0.15, 0.2) is 5.78 Å². The quantitative estimate of drug-likeness (QED) is 0.612. The summed E-state index contributed by atoms with van der Waals surface area (Å²) >= 11 is 0. The second kappa shape index (κ2) is 8.77. The summed E-state index contributed by atoms with van der Waals surface area (Å²) in [4.78, 5) is 25.4. The number of aliphatic hydroxyl groups excluding tert-OH is 1. The zero-order valence-electron chi connectivity index (χ0n) is 15.5. The lowest BCUT2D eigenvalue weighted by molar-refractivity contribution is -0.163. The van der Waals surface area contributed by atoms with E-state index in [1.807, 2.05) is 60.7 Å². The molecule has 0 aromatic heterocycles. The van der Waals surface area contributed by atoms with Crippen LogP contribution in [-0.2, 0) is 27.2 Å². The molecular weight excluding hydrogens is 328 g/mol. The average Bonchev–Trinajstić information content (AvgIpc) is 2.59. The highest BCUT2D eigenvalue weighted by Gasteiger charge is 2.34. The van der Waals surface area contributed by atoms with Crippen LogP contribution < -0.4 is 0 Å². The number of aliphatic hydroxyl groups is 1. The minimum atomic E-state index is -1.25. The first-order valence-corrected chi connectivity index (χ1v) is 8.79. The van der Waals surface area contributed by atoms with Crippen LogP contribution in [0.3, 0.4) is 0 Å². The number of ketones is 1. The number of ether oxygens (including phenoxy) is 1. The van der Waals surface area contributed by atoms with Gasteiger partial charge in [-0.1, -0.05) is 60.7 Å². The average molecular weight is 354 g/mol. The molecule has 0 fully saturated rings. The molecule has 2 atom stereocenters. The third kappa shape index (κ3) is 6.12. The predicted molar refractivity (Wildman–Crippen MR) is 101 cm³/mol. The fraction of sp³-hybridized carbons (Fsp3) is 0.364. The molecule has 0 bridgehead atoms. The topological polar surface area (TPSA) is 63.6 Å². The Labute approximate surface area is 154 Å². The first-order chi connectivity index (χ1) is 12.3. The Morgan fingerprint density at radius 2 is 1.35 bits per heavy atom. The van der Waals surface area contributed by atoms with E-state index in [0.717, 1.165) is 11.1 Å². The maximum absolute atomic E-state index is 12.8. The van der Waals surface area contributed by atoms with Gasteiger partial charge in [0.25, 0.3) is 0 Å². The Balaban J connectivity index is 2.18. The fourth-order valence-electron chi connectivity index (χ4n) is 2.69. The van der Waals surface area contributed by atoms with Gasteiger partial charge in [-0.3, -0.25) is 9.59 Å². The van der Waals surface area contributed by atoms with Crippen LogP contribution in [0.25, 0.3) is 0 Å². The van der Waals surface area contributed by atoms with Crippen molar-refractivity contribution >= 4 is 11.8 Å². The summed E-state index contributed by atoms with van der Waals surface area (Å²) in [6.45, 7) is 5.28. The van der Waals surface area contributed by atoms with Gasteiger partial charge in [-0.15, -0.1) is 0 Å². The smallest absolute Gasteiger partial charge is 0.317 e. The molecule has 0 saturated heterocycles. The first kappa shape index (κ1) is 19.9. The molecule has 1 N–H and O–H groups in total. The summed E-state index contributed by atoms with van der Waals surface area (Å²) < 4.78 is 5.42. The summed E-state index contributed by atoms with van der Waals surface area (Å²) in [6.07, 6.45) is -0.868. The molecule has 0 aliphatic rings. The van der Waals surface area contributed by atoms with Gasteiger partial charge in [0.1, 0.15) is 17.6 Å². The van der Waals surface area contributed by atoms with Crippen molar-refractivity contribution in [3.8, 4) is 0 Å². The SMILES string of the molecule is CC(C)(C)OC(=O)[C@@H](Cc1ccccc1)C(=O)[C@@H](O)Cc1ccccc1. The van der Waals surface area contributed by atoms with Gasteiger partial charge in [0, 0.05) is 6.42 Å². The van der Waals surface area contributed by atoms with Crippen LogP contribution in [0.4, 0.5) is 0 Å². The largest absolute Gasteiger partial charge is 0.459 e. The van der Waals surface area contributed by atoms with Crippen molar-refractivity contribution in [1.82, 2.24) is 0 Å². The number of carbonyl (C=O) groups is 2. The van der Waals surface area contributed by atoms with Gasteiger partial charge in [0.05, 0.1) is 0 Å². The van der Waals surface area contributed by atoms with Crippen molar-refractivity contribution in [3.63, 3.8) is 0 Å². The summed E-state index contributed by atoms with van der Waals surface area (Å²) in [5.74, 6) is -2.14. The van der Waals surface area contributed by atoms with Gasteiger partial charge >= 0.3 is 5.97 Å². The zero-order chi connectivity index (χ0) is 19.2. The lowest BCUT2D eigenvalue weighted by Gasteiger charge is -2.24. The minimum Gasteiger partial charge on any atom is -0.459 e. The minimum absolute atomic E-state index is 0.174. The molecule has 0 saturated carbocycles. The second-order valence-corrected chi connectivity index (χ2v) is 7.38. The summed E-state index contributed by atoms with van der Waals surface area (Å²) in [5.41, 5.74) is 0.996. The van der Waals surface area contributed by atoms with Gasteiger partial charge in [-0.2, -0.15) is 0 Å². The number of rotatable bonds is 7. The molecule has 0 amide bonds. The fourth-order valence-corrected chi connectivity index (χ4v) is 2.69. The molecule has 0 heterocycles. The van der Waals surface area contributed by atoms with Gasteiger partial charge in [-0.25, -0.2) is 0 Å². The van der Waals surface area contributed by atoms with E-state index in [-0.39, 0.29) is 12.8 Å². The van der Waals surface area contributed by atoms with Crippen molar-refractivity contribution in [3.05, 3.63) is 71.8 Å². The van der Waals surface area contributed by atoms with Crippen molar-refractivity contribution < 1.29 is 19.4 Å². The van der Waals surface area contributed by atoms with Crippen LogP contribution in [-0.4, -0.2) is 28.6 Å². The molecular formula is C22H26O4. The van der Waals surface area contributed by atoms with Gasteiger partial charge in [0.2, 0.25) is 0 Å². The van der Waals surface area contributed by atoms with E-state index in [4.69, 9.17) is 4.74 Å². The Hall–Kier alpha value is -2.46. The highest BCUT2D eigenvalue weighted by atomic mass is 16.6. The molecule has 26 heavy (non-hydrogen) atoms. The lowest BCUT2D eigenvalue weighted by atomic mass is 9.90. The van der Waals surface area contributed by atoms with Gasteiger partial charge < -0.3 is 9.84 Å². The van der Waals surface area contributed by atoms with Crippen LogP contribution in [0.15, 0.2) is 60.7 Å². The van der Waals surface area contributed by atoms with E-state index >= 15 is 0 Å². The standard InChI is InChI=1S/C22H26O4/c1-22(2,3)26-21(25)18(14-16-10-6-4-7-11-16)20(24)19(23)15-17-12-8-5-9-13-17/h4-13,18-19,23H,14-15H2,1-3H3/t18-,19-/m0/s1. The highest BCUT2D eigenvalue weighted by Crippen LogP contribution is 2.19. The van der Waals surface area contributed by atoms with E-state index < -0.39 is 29.4 Å². The van der Waals surface area contributed by atoms with Crippen molar-refractivity contribution in [2.24, 2.45) is 5.92 Å². The highest BCUT2D eigenvalue weighted by molar-refractivity contribution is 6.01. The predicted octanol–water partition coefficient (Wildman–Crippen LogP) is 3.36. The summed E-state index contributed by atoms with van der Waals surface area (Å²) in [5, 5.41) is 10.4. The van der Waals surface area contributed by atoms with Crippen molar-refractivity contribution in [2.75, 3.05) is 0 Å². The van der Waals surface area contributed by atoms with E-state index in [1.54, 1.807) is 20.8 Å². The summed E-state index contributed by atoms with van der Waals surface area (Å²) in [6, 6.07) is 18.5. The molecule has 0 radical (unpaired) electrons.